The van der Waals surface area contributed by atoms with Gasteiger partial charge >= 0.3 is 0 Å². The van der Waals surface area contributed by atoms with E-state index in [0.717, 1.165) is 10.9 Å². The summed E-state index contributed by atoms with van der Waals surface area (Å²) in [6, 6.07) is 15.9. The highest BCUT2D eigenvalue weighted by Crippen LogP contribution is 2.24. The molecule has 0 aliphatic rings. The summed E-state index contributed by atoms with van der Waals surface area (Å²) < 4.78 is 19.6. The Morgan fingerprint density at radius 2 is 1.90 bits per heavy atom. The first-order chi connectivity index (χ1) is 10.3. The van der Waals surface area contributed by atoms with Crippen molar-refractivity contribution in [1.29, 1.82) is 5.26 Å². The molecular formula is C17H11FN2O. The van der Waals surface area contributed by atoms with E-state index in [4.69, 9.17) is 10.00 Å². The standard InChI is InChI=1S/C17H11FN2O/c18-16-13(10-19)5-1-6-14(16)11-21-15-8-2-4-12-7-3-9-20-17(12)15/h1-9H,11H2. The third kappa shape index (κ3) is 2.54. The molecular weight excluding hydrogens is 267 g/mol. The summed E-state index contributed by atoms with van der Waals surface area (Å²) in [4.78, 5) is 4.28. The molecule has 0 atom stereocenters. The van der Waals surface area contributed by atoms with Gasteiger partial charge < -0.3 is 4.74 Å². The summed E-state index contributed by atoms with van der Waals surface area (Å²) >= 11 is 0. The number of rotatable bonds is 3. The van der Waals surface area contributed by atoms with Gasteiger partial charge in [0, 0.05) is 17.1 Å². The van der Waals surface area contributed by atoms with Gasteiger partial charge in [0.05, 0.1) is 5.56 Å². The van der Waals surface area contributed by atoms with Crippen molar-refractivity contribution in [2.75, 3.05) is 0 Å². The summed E-state index contributed by atoms with van der Waals surface area (Å²) in [5.41, 5.74) is 1.10. The molecule has 0 aliphatic heterocycles. The van der Waals surface area contributed by atoms with Crippen molar-refractivity contribution in [2.24, 2.45) is 0 Å². The van der Waals surface area contributed by atoms with Gasteiger partial charge in [-0.2, -0.15) is 5.26 Å². The minimum atomic E-state index is -0.534. The molecule has 3 rings (SSSR count). The fourth-order valence-corrected chi connectivity index (χ4v) is 2.13. The van der Waals surface area contributed by atoms with E-state index in [1.807, 2.05) is 30.3 Å². The van der Waals surface area contributed by atoms with Gasteiger partial charge in [-0.15, -0.1) is 0 Å². The van der Waals surface area contributed by atoms with E-state index in [1.165, 1.54) is 6.07 Å². The number of para-hydroxylation sites is 1. The lowest BCUT2D eigenvalue weighted by atomic mass is 10.1. The summed E-state index contributed by atoms with van der Waals surface area (Å²) in [5, 5.41) is 9.79. The summed E-state index contributed by atoms with van der Waals surface area (Å²) in [6.45, 7) is 0.0526. The normalized spacial score (nSPS) is 10.3. The van der Waals surface area contributed by atoms with E-state index < -0.39 is 5.82 Å². The summed E-state index contributed by atoms with van der Waals surface area (Å²) in [7, 11) is 0. The van der Waals surface area contributed by atoms with Crippen LogP contribution in [0.25, 0.3) is 10.9 Å². The monoisotopic (exact) mass is 278 g/mol. The van der Waals surface area contributed by atoms with Crippen LogP contribution in [-0.2, 0) is 6.61 Å². The van der Waals surface area contributed by atoms with Crippen LogP contribution in [0.4, 0.5) is 4.39 Å². The Labute approximate surface area is 121 Å². The minimum Gasteiger partial charge on any atom is -0.487 e. The smallest absolute Gasteiger partial charge is 0.147 e. The number of hydrogen-bond acceptors (Lipinski definition) is 3. The average Bonchev–Trinajstić information content (AvgIpc) is 2.54. The van der Waals surface area contributed by atoms with E-state index in [1.54, 1.807) is 24.4 Å². The van der Waals surface area contributed by atoms with Gasteiger partial charge in [0.2, 0.25) is 0 Å². The first kappa shape index (κ1) is 13.1. The SMILES string of the molecule is N#Cc1cccc(COc2cccc3cccnc23)c1F. The molecule has 21 heavy (non-hydrogen) atoms. The second kappa shape index (κ2) is 5.59. The number of pyridine rings is 1. The summed E-state index contributed by atoms with van der Waals surface area (Å²) in [5.74, 6) is 0.0584. The Balaban J connectivity index is 1.89. The quantitative estimate of drug-likeness (QED) is 0.731. The van der Waals surface area contributed by atoms with Crippen molar-refractivity contribution in [3.8, 4) is 11.8 Å². The lowest BCUT2D eigenvalue weighted by Gasteiger charge is -2.09. The average molecular weight is 278 g/mol. The van der Waals surface area contributed by atoms with Crippen molar-refractivity contribution in [3.05, 3.63) is 71.7 Å². The predicted molar refractivity (Wildman–Crippen MR) is 77.2 cm³/mol. The largest absolute Gasteiger partial charge is 0.487 e. The van der Waals surface area contributed by atoms with E-state index in [0.29, 0.717) is 11.3 Å². The number of hydrogen-bond donors (Lipinski definition) is 0. The second-order valence-corrected chi connectivity index (χ2v) is 4.51. The van der Waals surface area contributed by atoms with E-state index in [-0.39, 0.29) is 12.2 Å². The number of fused-ring (bicyclic) bond motifs is 1. The molecule has 102 valence electrons. The minimum absolute atomic E-state index is 0.0205. The molecule has 3 aromatic rings. The fraction of sp³-hybridized carbons (Fsp3) is 0.0588. The highest BCUT2D eigenvalue weighted by atomic mass is 19.1. The van der Waals surface area contributed by atoms with Crippen LogP contribution >= 0.6 is 0 Å². The molecule has 4 heteroatoms. The first-order valence-electron chi connectivity index (χ1n) is 6.43. The zero-order valence-electron chi connectivity index (χ0n) is 11.1. The Morgan fingerprint density at radius 1 is 1.10 bits per heavy atom. The molecule has 0 N–H and O–H groups in total. The molecule has 0 saturated carbocycles. The third-order valence-corrected chi connectivity index (χ3v) is 3.18. The highest BCUT2D eigenvalue weighted by molar-refractivity contribution is 5.84. The molecule has 0 unspecified atom stereocenters. The second-order valence-electron chi connectivity index (χ2n) is 4.51. The topological polar surface area (TPSA) is 45.9 Å². The van der Waals surface area contributed by atoms with Gasteiger partial charge in [0.15, 0.2) is 0 Å². The number of halogens is 1. The maximum absolute atomic E-state index is 14.0. The van der Waals surface area contributed by atoms with Crippen LogP contribution in [0.5, 0.6) is 5.75 Å². The number of benzene rings is 2. The van der Waals surface area contributed by atoms with Gasteiger partial charge in [-0.1, -0.05) is 30.3 Å². The lowest BCUT2D eigenvalue weighted by Crippen LogP contribution is -2.01. The fourth-order valence-electron chi connectivity index (χ4n) is 2.13. The zero-order chi connectivity index (χ0) is 14.7. The molecule has 0 bridgehead atoms. The van der Waals surface area contributed by atoms with Crippen LogP contribution < -0.4 is 4.74 Å². The first-order valence-corrected chi connectivity index (χ1v) is 6.43. The molecule has 1 heterocycles. The number of nitrogens with zero attached hydrogens (tertiary/aromatic N) is 2. The molecule has 2 aromatic carbocycles. The molecule has 0 aliphatic carbocycles. The molecule has 0 fully saturated rings. The van der Waals surface area contributed by atoms with Crippen LogP contribution in [0.15, 0.2) is 54.7 Å². The zero-order valence-corrected chi connectivity index (χ0v) is 11.1. The van der Waals surface area contributed by atoms with Crippen molar-refractivity contribution >= 4 is 10.9 Å². The van der Waals surface area contributed by atoms with Gasteiger partial charge in [0.1, 0.15) is 29.8 Å². The Hall–Kier alpha value is -2.93. The molecule has 1 aromatic heterocycles. The van der Waals surface area contributed by atoms with Crippen LogP contribution in [0.2, 0.25) is 0 Å². The number of nitriles is 1. The van der Waals surface area contributed by atoms with Crippen molar-refractivity contribution in [3.63, 3.8) is 0 Å². The van der Waals surface area contributed by atoms with Crippen LogP contribution in [0.3, 0.4) is 0 Å². The van der Waals surface area contributed by atoms with E-state index >= 15 is 0 Å². The number of ether oxygens (including phenoxy) is 1. The molecule has 0 saturated heterocycles. The molecule has 3 nitrogen and oxygen atoms in total. The number of aromatic nitrogens is 1. The third-order valence-electron chi connectivity index (χ3n) is 3.18. The predicted octanol–water partition coefficient (Wildman–Crippen LogP) is 3.82. The van der Waals surface area contributed by atoms with E-state index in [2.05, 4.69) is 4.98 Å². The Morgan fingerprint density at radius 3 is 2.76 bits per heavy atom. The van der Waals surface area contributed by atoms with Crippen molar-refractivity contribution in [1.82, 2.24) is 4.98 Å². The van der Waals surface area contributed by atoms with Crippen LogP contribution in [-0.4, -0.2) is 4.98 Å². The van der Waals surface area contributed by atoms with E-state index in [9.17, 15) is 4.39 Å². The Bertz CT molecular complexity index is 834. The van der Waals surface area contributed by atoms with Crippen LogP contribution in [0, 0.1) is 17.1 Å². The van der Waals surface area contributed by atoms with Crippen LogP contribution in [0.1, 0.15) is 11.1 Å². The van der Waals surface area contributed by atoms with Gasteiger partial charge in [-0.3, -0.25) is 4.98 Å². The van der Waals surface area contributed by atoms with Gasteiger partial charge in [0.25, 0.3) is 0 Å². The summed E-state index contributed by atoms with van der Waals surface area (Å²) in [6.07, 6.45) is 1.69. The maximum atomic E-state index is 14.0. The highest BCUT2D eigenvalue weighted by Gasteiger charge is 2.09. The molecule has 0 radical (unpaired) electrons. The molecule has 0 amide bonds. The van der Waals surface area contributed by atoms with Gasteiger partial charge in [-0.05, 0) is 18.2 Å². The molecule has 0 spiro atoms. The van der Waals surface area contributed by atoms with Crippen molar-refractivity contribution < 1.29 is 9.13 Å². The van der Waals surface area contributed by atoms with Crippen molar-refractivity contribution in [2.45, 2.75) is 6.61 Å². The van der Waals surface area contributed by atoms with Gasteiger partial charge in [-0.25, -0.2) is 4.39 Å². The lowest BCUT2D eigenvalue weighted by molar-refractivity contribution is 0.303. The Kier molecular flexibility index (Phi) is 3.48. The maximum Gasteiger partial charge on any atom is 0.147 e.